The number of amides is 1. The predicted octanol–water partition coefficient (Wildman–Crippen LogP) is 2.59. The molecule has 1 heterocycles. The van der Waals surface area contributed by atoms with Gasteiger partial charge in [-0.15, -0.1) is 0 Å². The van der Waals surface area contributed by atoms with E-state index >= 15 is 0 Å². The number of nitrogens with zero attached hydrogens (tertiary/aromatic N) is 2. The second-order valence-corrected chi connectivity index (χ2v) is 6.85. The van der Waals surface area contributed by atoms with Gasteiger partial charge in [0.1, 0.15) is 0 Å². The Hall–Kier alpha value is -2.37. The zero-order valence-corrected chi connectivity index (χ0v) is 15.4. The number of rotatable bonds is 6. The van der Waals surface area contributed by atoms with Crippen LogP contribution in [0.4, 0.5) is 11.4 Å². The SMILES string of the molecule is CCc1ccc(NC(=O)CN2CCN(Cc3ccccc3)CC2)cc1N. The highest BCUT2D eigenvalue weighted by atomic mass is 16.2. The minimum absolute atomic E-state index is 0.0187. The molecule has 1 amide bonds. The molecule has 0 aromatic heterocycles. The molecular formula is C21H28N4O. The molecule has 138 valence electrons. The maximum Gasteiger partial charge on any atom is 0.238 e. The molecule has 0 aliphatic carbocycles. The average Bonchev–Trinajstić information content (AvgIpc) is 2.64. The standard InChI is InChI=1S/C21H28N4O/c1-2-18-8-9-19(14-20(18)22)23-21(26)16-25-12-10-24(11-13-25)15-17-6-4-3-5-7-17/h3-9,14H,2,10-13,15-16,22H2,1H3,(H,23,26). The summed E-state index contributed by atoms with van der Waals surface area (Å²) in [7, 11) is 0. The number of aryl methyl sites for hydroxylation is 1. The van der Waals surface area contributed by atoms with E-state index in [0.29, 0.717) is 6.54 Å². The Labute approximate surface area is 155 Å². The van der Waals surface area contributed by atoms with Crippen molar-refractivity contribution in [3.63, 3.8) is 0 Å². The van der Waals surface area contributed by atoms with Crippen molar-refractivity contribution in [1.29, 1.82) is 0 Å². The van der Waals surface area contributed by atoms with Crippen molar-refractivity contribution >= 4 is 17.3 Å². The van der Waals surface area contributed by atoms with Gasteiger partial charge >= 0.3 is 0 Å². The Kier molecular flexibility index (Phi) is 6.26. The van der Waals surface area contributed by atoms with Crippen LogP contribution in [0.5, 0.6) is 0 Å². The number of nitrogens with two attached hydrogens (primary N) is 1. The van der Waals surface area contributed by atoms with E-state index in [1.54, 1.807) is 0 Å². The summed E-state index contributed by atoms with van der Waals surface area (Å²) in [5.41, 5.74) is 9.96. The fraction of sp³-hybridized carbons (Fsp3) is 0.381. The Morgan fingerprint density at radius 3 is 2.38 bits per heavy atom. The van der Waals surface area contributed by atoms with E-state index < -0.39 is 0 Å². The summed E-state index contributed by atoms with van der Waals surface area (Å²) < 4.78 is 0. The Morgan fingerprint density at radius 1 is 1.04 bits per heavy atom. The molecule has 1 fully saturated rings. The van der Waals surface area contributed by atoms with Crippen LogP contribution in [0.15, 0.2) is 48.5 Å². The predicted molar refractivity (Wildman–Crippen MR) is 107 cm³/mol. The highest BCUT2D eigenvalue weighted by molar-refractivity contribution is 5.92. The maximum absolute atomic E-state index is 12.3. The monoisotopic (exact) mass is 352 g/mol. The highest BCUT2D eigenvalue weighted by Gasteiger charge is 2.19. The largest absolute Gasteiger partial charge is 0.398 e. The van der Waals surface area contributed by atoms with Gasteiger partial charge in [-0.2, -0.15) is 0 Å². The molecule has 2 aromatic rings. The zero-order valence-electron chi connectivity index (χ0n) is 15.4. The molecule has 2 aromatic carbocycles. The third-order valence-corrected chi connectivity index (χ3v) is 4.89. The third-order valence-electron chi connectivity index (χ3n) is 4.89. The lowest BCUT2D eigenvalue weighted by molar-refractivity contribution is -0.117. The van der Waals surface area contributed by atoms with Crippen LogP contribution in [0.3, 0.4) is 0 Å². The van der Waals surface area contributed by atoms with E-state index in [0.717, 1.165) is 56.1 Å². The summed E-state index contributed by atoms with van der Waals surface area (Å²) in [5.74, 6) is 0.0187. The maximum atomic E-state index is 12.3. The Bertz CT molecular complexity index is 724. The first-order chi connectivity index (χ1) is 12.6. The number of nitrogen functional groups attached to an aromatic ring is 1. The van der Waals surface area contributed by atoms with Gasteiger partial charge in [-0.05, 0) is 29.7 Å². The molecule has 0 radical (unpaired) electrons. The minimum atomic E-state index is 0.0187. The van der Waals surface area contributed by atoms with Gasteiger partial charge < -0.3 is 11.1 Å². The van der Waals surface area contributed by atoms with Gasteiger partial charge in [0.15, 0.2) is 0 Å². The first kappa shape index (κ1) is 18.4. The van der Waals surface area contributed by atoms with Crippen LogP contribution in [0.2, 0.25) is 0 Å². The van der Waals surface area contributed by atoms with Crippen molar-refractivity contribution < 1.29 is 4.79 Å². The number of hydrogen-bond donors (Lipinski definition) is 2. The molecule has 0 bridgehead atoms. The van der Waals surface area contributed by atoms with Gasteiger partial charge in [0.05, 0.1) is 6.54 Å². The van der Waals surface area contributed by atoms with E-state index in [2.05, 4.69) is 46.3 Å². The van der Waals surface area contributed by atoms with Gasteiger partial charge in [0.25, 0.3) is 0 Å². The lowest BCUT2D eigenvalue weighted by atomic mass is 10.1. The number of anilines is 2. The number of benzene rings is 2. The van der Waals surface area contributed by atoms with Crippen molar-refractivity contribution in [1.82, 2.24) is 9.80 Å². The van der Waals surface area contributed by atoms with Crippen molar-refractivity contribution in [2.45, 2.75) is 19.9 Å². The van der Waals surface area contributed by atoms with E-state index in [4.69, 9.17) is 5.73 Å². The van der Waals surface area contributed by atoms with Crippen molar-refractivity contribution in [3.8, 4) is 0 Å². The first-order valence-electron chi connectivity index (χ1n) is 9.31. The Morgan fingerprint density at radius 2 is 1.73 bits per heavy atom. The molecule has 0 spiro atoms. The van der Waals surface area contributed by atoms with Crippen LogP contribution in [0.1, 0.15) is 18.1 Å². The zero-order chi connectivity index (χ0) is 18.4. The molecule has 26 heavy (non-hydrogen) atoms. The van der Waals surface area contributed by atoms with Gasteiger partial charge in [-0.25, -0.2) is 0 Å². The minimum Gasteiger partial charge on any atom is -0.398 e. The molecule has 3 rings (SSSR count). The van der Waals surface area contributed by atoms with Crippen LogP contribution in [-0.4, -0.2) is 48.4 Å². The second kappa shape index (κ2) is 8.83. The van der Waals surface area contributed by atoms with Crippen LogP contribution in [-0.2, 0) is 17.8 Å². The fourth-order valence-electron chi connectivity index (χ4n) is 3.35. The lowest BCUT2D eigenvalue weighted by Crippen LogP contribution is -2.48. The van der Waals surface area contributed by atoms with Crippen LogP contribution < -0.4 is 11.1 Å². The second-order valence-electron chi connectivity index (χ2n) is 6.85. The Balaban J connectivity index is 1.44. The number of piperazine rings is 1. The number of carbonyl (C=O) groups excluding carboxylic acids is 1. The summed E-state index contributed by atoms with van der Waals surface area (Å²) in [5, 5.41) is 2.96. The van der Waals surface area contributed by atoms with Crippen molar-refractivity contribution in [2.75, 3.05) is 43.8 Å². The first-order valence-corrected chi connectivity index (χ1v) is 9.31. The van der Waals surface area contributed by atoms with E-state index in [1.165, 1.54) is 5.56 Å². The topological polar surface area (TPSA) is 61.6 Å². The molecule has 1 aliphatic rings. The number of nitrogens with one attached hydrogen (secondary N) is 1. The molecule has 1 aliphatic heterocycles. The molecule has 1 saturated heterocycles. The van der Waals surface area contributed by atoms with E-state index in [-0.39, 0.29) is 5.91 Å². The molecule has 5 heteroatoms. The number of carbonyl (C=O) groups is 1. The summed E-state index contributed by atoms with van der Waals surface area (Å²) in [6, 6.07) is 16.3. The third kappa shape index (κ3) is 5.07. The molecule has 0 saturated carbocycles. The van der Waals surface area contributed by atoms with Crippen LogP contribution >= 0.6 is 0 Å². The normalized spacial score (nSPS) is 15.7. The van der Waals surface area contributed by atoms with Gasteiger partial charge in [0.2, 0.25) is 5.91 Å². The molecular weight excluding hydrogens is 324 g/mol. The lowest BCUT2D eigenvalue weighted by Gasteiger charge is -2.34. The van der Waals surface area contributed by atoms with Gasteiger partial charge in [-0.3, -0.25) is 14.6 Å². The van der Waals surface area contributed by atoms with Crippen LogP contribution in [0.25, 0.3) is 0 Å². The summed E-state index contributed by atoms with van der Waals surface area (Å²) in [6.45, 7) is 7.27. The van der Waals surface area contributed by atoms with Gasteiger partial charge in [0, 0.05) is 44.1 Å². The fourth-order valence-corrected chi connectivity index (χ4v) is 3.35. The quantitative estimate of drug-likeness (QED) is 0.785. The average molecular weight is 352 g/mol. The highest BCUT2D eigenvalue weighted by Crippen LogP contribution is 2.18. The molecule has 5 nitrogen and oxygen atoms in total. The molecule has 0 atom stereocenters. The van der Waals surface area contributed by atoms with E-state index in [9.17, 15) is 4.79 Å². The van der Waals surface area contributed by atoms with E-state index in [1.807, 2.05) is 24.3 Å². The smallest absolute Gasteiger partial charge is 0.238 e. The van der Waals surface area contributed by atoms with Crippen molar-refractivity contribution in [3.05, 3.63) is 59.7 Å². The van der Waals surface area contributed by atoms with Crippen molar-refractivity contribution in [2.24, 2.45) is 0 Å². The number of hydrogen-bond acceptors (Lipinski definition) is 4. The summed E-state index contributed by atoms with van der Waals surface area (Å²) in [6.07, 6.45) is 0.896. The van der Waals surface area contributed by atoms with Gasteiger partial charge in [-0.1, -0.05) is 43.3 Å². The van der Waals surface area contributed by atoms with Crippen LogP contribution in [0, 0.1) is 0 Å². The molecule has 0 unspecified atom stereocenters. The molecule has 3 N–H and O–H groups in total. The summed E-state index contributed by atoms with van der Waals surface area (Å²) in [4.78, 5) is 17.0. The summed E-state index contributed by atoms with van der Waals surface area (Å²) >= 11 is 0.